The van der Waals surface area contributed by atoms with Crippen molar-refractivity contribution in [1.82, 2.24) is 5.48 Å². The molecule has 0 bridgehead atoms. The van der Waals surface area contributed by atoms with E-state index < -0.39 is 0 Å². The average molecular weight is 173 g/mol. The molecule has 1 fully saturated rings. The molecule has 70 valence electrons. The second-order valence-corrected chi connectivity index (χ2v) is 2.91. The number of amides is 1. The lowest BCUT2D eigenvalue weighted by atomic mass is 10.2. The molecule has 1 aliphatic rings. The van der Waals surface area contributed by atoms with Crippen molar-refractivity contribution in [2.45, 2.75) is 38.9 Å². The lowest BCUT2D eigenvalue weighted by molar-refractivity contribution is -0.144. The number of hydrogen-bond acceptors (Lipinski definition) is 3. The fraction of sp³-hybridized carbons (Fsp3) is 0.875. The molecule has 0 spiro atoms. The van der Waals surface area contributed by atoms with E-state index in [1.807, 2.05) is 13.8 Å². The molecule has 4 nitrogen and oxygen atoms in total. The average Bonchev–Trinajstić information content (AvgIpc) is 2.47. The van der Waals surface area contributed by atoms with Gasteiger partial charge in [0.1, 0.15) is 6.10 Å². The van der Waals surface area contributed by atoms with Crippen molar-refractivity contribution in [2.75, 3.05) is 6.61 Å². The van der Waals surface area contributed by atoms with Gasteiger partial charge in [-0.05, 0) is 26.7 Å². The molecule has 2 atom stereocenters. The van der Waals surface area contributed by atoms with E-state index in [0.29, 0.717) is 6.61 Å². The Labute approximate surface area is 72.2 Å². The van der Waals surface area contributed by atoms with Gasteiger partial charge in [0.25, 0.3) is 5.91 Å². The number of ether oxygens (including phenoxy) is 1. The highest BCUT2D eigenvalue weighted by atomic mass is 16.7. The van der Waals surface area contributed by atoms with Gasteiger partial charge in [-0.25, -0.2) is 5.48 Å². The van der Waals surface area contributed by atoms with Gasteiger partial charge in [-0.1, -0.05) is 0 Å². The van der Waals surface area contributed by atoms with E-state index in [0.717, 1.165) is 12.8 Å². The van der Waals surface area contributed by atoms with Crippen LogP contribution in [0.5, 0.6) is 0 Å². The molecule has 0 aromatic heterocycles. The molecule has 1 N–H and O–H groups in total. The van der Waals surface area contributed by atoms with Crippen molar-refractivity contribution in [3.05, 3.63) is 0 Å². The molecule has 2 unspecified atom stereocenters. The maximum absolute atomic E-state index is 11.2. The molecule has 4 heteroatoms. The van der Waals surface area contributed by atoms with Crippen LogP contribution >= 0.6 is 0 Å². The fourth-order valence-corrected chi connectivity index (χ4v) is 1.20. The largest absolute Gasteiger partial charge is 0.365 e. The molecule has 0 aromatic rings. The first-order valence-corrected chi connectivity index (χ1v) is 4.31. The minimum absolute atomic E-state index is 0.166. The zero-order valence-corrected chi connectivity index (χ0v) is 7.50. The second-order valence-electron chi connectivity index (χ2n) is 2.91. The highest BCUT2D eigenvalue weighted by molar-refractivity contribution is 5.79. The Morgan fingerprint density at radius 3 is 2.92 bits per heavy atom. The predicted octanol–water partition coefficient (Wildman–Crippen LogP) is 0.622. The highest BCUT2D eigenvalue weighted by Gasteiger charge is 2.27. The maximum atomic E-state index is 11.2. The molecule has 0 aromatic carbocycles. The van der Waals surface area contributed by atoms with Crippen molar-refractivity contribution >= 4 is 5.91 Å². The first-order chi connectivity index (χ1) is 5.74. The van der Waals surface area contributed by atoms with Crippen LogP contribution in [0.1, 0.15) is 26.7 Å². The van der Waals surface area contributed by atoms with Gasteiger partial charge in [0, 0.05) is 0 Å². The number of carbonyl (C=O) groups is 1. The first-order valence-electron chi connectivity index (χ1n) is 4.31. The topological polar surface area (TPSA) is 47.6 Å². The van der Waals surface area contributed by atoms with Gasteiger partial charge in [0.15, 0.2) is 0 Å². The van der Waals surface area contributed by atoms with Gasteiger partial charge in [0.05, 0.1) is 12.7 Å². The van der Waals surface area contributed by atoms with Crippen LogP contribution in [-0.2, 0) is 14.4 Å². The van der Waals surface area contributed by atoms with E-state index in [1.54, 1.807) is 0 Å². The number of rotatable bonds is 3. The highest BCUT2D eigenvalue weighted by Crippen LogP contribution is 2.18. The van der Waals surface area contributed by atoms with Crippen LogP contribution in [-0.4, -0.2) is 24.7 Å². The van der Waals surface area contributed by atoms with Gasteiger partial charge in [-0.2, -0.15) is 0 Å². The van der Waals surface area contributed by atoms with E-state index in [-0.39, 0.29) is 18.1 Å². The molecular formula is C8H15NO3. The number of hydroxylamine groups is 1. The van der Waals surface area contributed by atoms with E-state index in [2.05, 4.69) is 5.48 Å². The van der Waals surface area contributed by atoms with Crippen LogP contribution in [0.25, 0.3) is 0 Å². The SMILES string of the molecule is CCONC(=O)C1CCC(C)O1. The minimum atomic E-state index is -0.313. The standard InChI is InChI=1S/C8H15NO3/c1-3-11-9-8(10)7-5-4-6(2)12-7/h6-7H,3-5H2,1-2H3,(H,9,10). The minimum Gasteiger partial charge on any atom is -0.365 e. The number of nitrogens with one attached hydrogen (secondary N) is 1. The quantitative estimate of drug-likeness (QED) is 0.636. The second kappa shape index (κ2) is 4.42. The molecule has 0 saturated carbocycles. The number of hydrogen-bond donors (Lipinski definition) is 1. The normalized spacial score (nSPS) is 28.8. The van der Waals surface area contributed by atoms with Crippen molar-refractivity contribution in [2.24, 2.45) is 0 Å². The molecule has 1 amide bonds. The third kappa shape index (κ3) is 2.46. The van der Waals surface area contributed by atoms with Crippen molar-refractivity contribution in [3.63, 3.8) is 0 Å². The molecule has 1 aliphatic heterocycles. The third-order valence-corrected chi connectivity index (χ3v) is 1.84. The zero-order valence-electron chi connectivity index (χ0n) is 7.50. The van der Waals surface area contributed by atoms with E-state index in [1.165, 1.54) is 0 Å². The lowest BCUT2D eigenvalue weighted by Crippen LogP contribution is -2.34. The van der Waals surface area contributed by atoms with Gasteiger partial charge in [0.2, 0.25) is 0 Å². The van der Waals surface area contributed by atoms with E-state index in [9.17, 15) is 4.79 Å². The molecule has 1 saturated heterocycles. The molecule has 12 heavy (non-hydrogen) atoms. The van der Waals surface area contributed by atoms with Crippen molar-refractivity contribution in [3.8, 4) is 0 Å². The molecule has 0 aliphatic carbocycles. The van der Waals surface area contributed by atoms with Gasteiger partial charge in [-0.15, -0.1) is 0 Å². The Balaban J connectivity index is 2.23. The Morgan fingerprint density at radius 2 is 2.42 bits per heavy atom. The van der Waals surface area contributed by atoms with Gasteiger partial charge >= 0.3 is 0 Å². The summed E-state index contributed by atoms with van der Waals surface area (Å²) in [6.07, 6.45) is 1.62. The van der Waals surface area contributed by atoms with Crippen LogP contribution < -0.4 is 5.48 Å². The van der Waals surface area contributed by atoms with E-state index >= 15 is 0 Å². The first kappa shape index (κ1) is 9.48. The van der Waals surface area contributed by atoms with Crippen molar-refractivity contribution < 1.29 is 14.4 Å². The molecule has 0 radical (unpaired) electrons. The Bertz CT molecular complexity index is 160. The summed E-state index contributed by atoms with van der Waals surface area (Å²) in [7, 11) is 0. The predicted molar refractivity (Wildman–Crippen MR) is 43.3 cm³/mol. The van der Waals surface area contributed by atoms with Crippen LogP contribution in [0, 0.1) is 0 Å². The summed E-state index contributed by atoms with van der Waals surface area (Å²) in [5.41, 5.74) is 2.33. The van der Waals surface area contributed by atoms with Gasteiger partial charge < -0.3 is 4.74 Å². The molecule has 1 rings (SSSR count). The van der Waals surface area contributed by atoms with Crippen molar-refractivity contribution in [1.29, 1.82) is 0 Å². The fourth-order valence-electron chi connectivity index (χ4n) is 1.20. The van der Waals surface area contributed by atoms with Gasteiger partial charge in [-0.3, -0.25) is 9.63 Å². The summed E-state index contributed by atoms with van der Waals surface area (Å²) < 4.78 is 5.33. The summed E-state index contributed by atoms with van der Waals surface area (Å²) >= 11 is 0. The Kier molecular flexibility index (Phi) is 3.49. The maximum Gasteiger partial charge on any atom is 0.272 e. The van der Waals surface area contributed by atoms with Crippen LogP contribution in [0.2, 0.25) is 0 Å². The van der Waals surface area contributed by atoms with Crippen LogP contribution in [0.3, 0.4) is 0 Å². The lowest BCUT2D eigenvalue weighted by Gasteiger charge is -2.10. The summed E-state index contributed by atoms with van der Waals surface area (Å²) in [5, 5.41) is 0. The summed E-state index contributed by atoms with van der Waals surface area (Å²) in [4.78, 5) is 16.0. The summed E-state index contributed by atoms with van der Waals surface area (Å²) in [5.74, 6) is -0.166. The Hall–Kier alpha value is -0.610. The summed E-state index contributed by atoms with van der Waals surface area (Å²) in [6, 6.07) is 0. The molecule has 1 heterocycles. The van der Waals surface area contributed by atoms with Crippen LogP contribution in [0.15, 0.2) is 0 Å². The third-order valence-electron chi connectivity index (χ3n) is 1.84. The monoisotopic (exact) mass is 173 g/mol. The number of carbonyl (C=O) groups excluding carboxylic acids is 1. The summed E-state index contributed by atoms with van der Waals surface area (Å²) in [6.45, 7) is 4.26. The smallest absolute Gasteiger partial charge is 0.272 e. The van der Waals surface area contributed by atoms with E-state index in [4.69, 9.17) is 9.57 Å². The zero-order chi connectivity index (χ0) is 8.97. The van der Waals surface area contributed by atoms with Crippen LogP contribution in [0.4, 0.5) is 0 Å². The Morgan fingerprint density at radius 1 is 1.67 bits per heavy atom. The molecular weight excluding hydrogens is 158 g/mol.